The predicted molar refractivity (Wildman–Crippen MR) is 104 cm³/mol. The van der Waals surface area contributed by atoms with Crippen LogP contribution in [0.25, 0.3) is 0 Å². The first-order chi connectivity index (χ1) is 13.4. The molecule has 0 aliphatic heterocycles. The maximum atomic E-state index is 12.3. The number of rotatable bonds is 7. The van der Waals surface area contributed by atoms with Gasteiger partial charge in [0.2, 0.25) is 0 Å². The molecule has 0 bridgehead atoms. The van der Waals surface area contributed by atoms with Crippen LogP contribution < -0.4 is 9.57 Å². The first-order valence-corrected chi connectivity index (χ1v) is 9.55. The molecule has 3 rings (SSSR count). The minimum Gasteiger partial charge on any atom is -0.457 e. The summed E-state index contributed by atoms with van der Waals surface area (Å²) in [6, 6.07) is 20.4. The third-order valence-electron chi connectivity index (χ3n) is 3.60. The van der Waals surface area contributed by atoms with Crippen LogP contribution in [0.15, 0.2) is 88.9 Å². The number of hydrogen-bond acceptors (Lipinski definition) is 6. The number of nitro groups is 1. The van der Waals surface area contributed by atoms with Crippen LogP contribution in [-0.2, 0) is 10.0 Å². The summed E-state index contributed by atoms with van der Waals surface area (Å²) in [6.45, 7) is 0. The molecule has 28 heavy (non-hydrogen) atoms. The Labute approximate surface area is 161 Å². The Morgan fingerprint density at radius 3 is 2.04 bits per heavy atom. The van der Waals surface area contributed by atoms with E-state index in [4.69, 9.17) is 4.74 Å². The van der Waals surface area contributed by atoms with Crippen LogP contribution in [0.3, 0.4) is 0 Å². The van der Waals surface area contributed by atoms with E-state index in [-0.39, 0.29) is 10.6 Å². The molecule has 0 saturated carbocycles. The van der Waals surface area contributed by atoms with E-state index in [2.05, 4.69) is 9.93 Å². The third-order valence-corrected chi connectivity index (χ3v) is 4.84. The smallest absolute Gasteiger partial charge is 0.276 e. The fourth-order valence-electron chi connectivity index (χ4n) is 2.22. The summed E-state index contributed by atoms with van der Waals surface area (Å²) in [6.07, 6.45) is 1.41. The molecule has 1 N–H and O–H groups in total. The highest BCUT2D eigenvalue weighted by atomic mass is 32.2. The summed E-state index contributed by atoms with van der Waals surface area (Å²) in [5.74, 6) is 0.785. The number of hydrogen-bond donors (Lipinski definition) is 1. The average Bonchev–Trinajstić information content (AvgIpc) is 2.69. The molecule has 0 radical (unpaired) electrons. The zero-order valence-electron chi connectivity index (χ0n) is 14.4. The van der Waals surface area contributed by atoms with Gasteiger partial charge in [-0.3, -0.25) is 10.1 Å². The SMILES string of the molecule is O=[N+]([O-])c1ccc(Oc2ccc(S(=O)(=O)NN=Cc3ccccc3)cc2)cc1. The maximum absolute atomic E-state index is 12.3. The van der Waals surface area contributed by atoms with Crippen molar-refractivity contribution >= 4 is 21.9 Å². The lowest BCUT2D eigenvalue weighted by Gasteiger charge is -2.07. The lowest BCUT2D eigenvalue weighted by Crippen LogP contribution is -2.18. The maximum Gasteiger partial charge on any atom is 0.276 e. The van der Waals surface area contributed by atoms with E-state index in [9.17, 15) is 18.5 Å². The quantitative estimate of drug-likeness (QED) is 0.371. The van der Waals surface area contributed by atoms with E-state index in [0.717, 1.165) is 5.56 Å². The van der Waals surface area contributed by atoms with Crippen molar-refractivity contribution in [1.29, 1.82) is 0 Å². The highest BCUT2D eigenvalue weighted by molar-refractivity contribution is 7.89. The molecular weight excluding hydrogens is 382 g/mol. The van der Waals surface area contributed by atoms with Gasteiger partial charge in [0.15, 0.2) is 0 Å². The number of nitrogens with zero attached hydrogens (tertiary/aromatic N) is 2. The summed E-state index contributed by atoms with van der Waals surface area (Å²) in [5, 5.41) is 14.4. The van der Waals surface area contributed by atoms with Crippen LogP contribution in [0, 0.1) is 10.1 Å². The van der Waals surface area contributed by atoms with Crippen molar-refractivity contribution in [2.45, 2.75) is 4.90 Å². The summed E-state index contributed by atoms with van der Waals surface area (Å²) < 4.78 is 30.1. The number of benzene rings is 3. The van der Waals surface area contributed by atoms with Crippen molar-refractivity contribution in [3.63, 3.8) is 0 Å². The summed E-state index contributed by atoms with van der Waals surface area (Å²) in [5.41, 5.74) is 0.716. The van der Waals surface area contributed by atoms with Crippen LogP contribution >= 0.6 is 0 Å². The molecule has 0 unspecified atom stereocenters. The Kier molecular flexibility index (Phi) is 5.66. The third kappa shape index (κ3) is 4.92. The molecule has 0 aliphatic carbocycles. The zero-order valence-corrected chi connectivity index (χ0v) is 15.2. The molecule has 8 nitrogen and oxygen atoms in total. The highest BCUT2D eigenvalue weighted by Gasteiger charge is 2.13. The largest absolute Gasteiger partial charge is 0.457 e. The van der Waals surface area contributed by atoms with Crippen LogP contribution in [0.1, 0.15) is 5.56 Å². The van der Waals surface area contributed by atoms with Gasteiger partial charge in [-0.05, 0) is 42.0 Å². The summed E-state index contributed by atoms with van der Waals surface area (Å²) in [4.78, 5) is 12.3. The molecule has 142 valence electrons. The Balaban J connectivity index is 1.65. The Morgan fingerprint density at radius 1 is 0.893 bits per heavy atom. The van der Waals surface area contributed by atoms with Crippen molar-refractivity contribution in [1.82, 2.24) is 4.83 Å². The molecule has 0 atom stereocenters. The van der Waals surface area contributed by atoms with Gasteiger partial charge >= 0.3 is 0 Å². The van der Waals surface area contributed by atoms with Crippen molar-refractivity contribution in [2.75, 3.05) is 0 Å². The first-order valence-electron chi connectivity index (χ1n) is 8.06. The number of nitro benzene ring substituents is 1. The van der Waals surface area contributed by atoms with Crippen molar-refractivity contribution in [3.05, 3.63) is 94.5 Å². The predicted octanol–water partition coefficient (Wildman–Crippen LogP) is 3.70. The number of hydrazone groups is 1. The fourth-order valence-corrected chi connectivity index (χ4v) is 3.01. The van der Waals surface area contributed by atoms with Gasteiger partial charge in [-0.25, -0.2) is 4.83 Å². The summed E-state index contributed by atoms with van der Waals surface area (Å²) >= 11 is 0. The standard InChI is InChI=1S/C19H15N3O5S/c23-22(24)16-6-8-17(9-7-16)27-18-10-12-19(13-11-18)28(25,26)21-20-14-15-4-2-1-3-5-15/h1-14,21H. The zero-order chi connectivity index (χ0) is 20.0. The van der Waals surface area contributed by atoms with E-state index >= 15 is 0 Å². The molecule has 0 amide bonds. The van der Waals surface area contributed by atoms with Crippen LogP contribution in [0.5, 0.6) is 11.5 Å². The summed E-state index contributed by atoms with van der Waals surface area (Å²) in [7, 11) is -3.81. The molecule has 0 spiro atoms. The second-order valence-corrected chi connectivity index (χ2v) is 7.25. The Hall–Kier alpha value is -3.72. The van der Waals surface area contributed by atoms with Gasteiger partial charge < -0.3 is 4.74 Å². The second-order valence-electron chi connectivity index (χ2n) is 5.59. The number of non-ortho nitro benzene ring substituents is 1. The molecular formula is C19H15N3O5S. The first kappa shape index (κ1) is 19.1. The van der Waals surface area contributed by atoms with Crippen molar-refractivity contribution < 1.29 is 18.1 Å². The topological polar surface area (TPSA) is 111 Å². The Morgan fingerprint density at radius 2 is 1.46 bits per heavy atom. The molecule has 0 aromatic heterocycles. The van der Waals surface area contributed by atoms with Crippen LogP contribution in [-0.4, -0.2) is 19.6 Å². The molecule has 9 heteroatoms. The monoisotopic (exact) mass is 397 g/mol. The van der Waals surface area contributed by atoms with Gasteiger partial charge in [-0.2, -0.15) is 13.5 Å². The average molecular weight is 397 g/mol. The van der Waals surface area contributed by atoms with Gasteiger partial charge in [0, 0.05) is 12.1 Å². The van der Waals surface area contributed by atoms with Gasteiger partial charge in [-0.15, -0.1) is 0 Å². The van der Waals surface area contributed by atoms with E-state index in [0.29, 0.717) is 11.5 Å². The minimum atomic E-state index is -3.81. The second kappa shape index (κ2) is 8.31. The van der Waals surface area contributed by atoms with E-state index in [1.54, 1.807) is 12.1 Å². The van der Waals surface area contributed by atoms with Crippen molar-refractivity contribution in [2.24, 2.45) is 5.10 Å². The minimum absolute atomic E-state index is 0.0220. The van der Waals surface area contributed by atoms with E-state index < -0.39 is 14.9 Å². The van der Waals surface area contributed by atoms with Gasteiger partial charge in [0.25, 0.3) is 15.7 Å². The number of sulfonamides is 1. The van der Waals surface area contributed by atoms with Crippen molar-refractivity contribution in [3.8, 4) is 11.5 Å². The van der Waals surface area contributed by atoms with Gasteiger partial charge in [0.05, 0.1) is 16.0 Å². The molecule has 0 saturated heterocycles. The molecule has 0 fully saturated rings. The fraction of sp³-hybridized carbons (Fsp3) is 0. The highest BCUT2D eigenvalue weighted by Crippen LogP contribution is 2.24. The molecule has 3 aromatic carbocycles. The van der Waals surface area contributed by atoms with E-state index in [1.165, 1.54) is 54.7 Å². The number of ether oxygens (including phenoxy) is 1. The van der Waals surface area contributed by atoms with E-state index in [1.807, 2.05) is 18.2 Å². The van der Waals surface area contributed by atoms with Gasteiger partial charge in [-0.1, -0.05) is 30.3 Å². The number of nitrogens with one attached hydrogen (secondary N) is 1. The van der Waals surface area contributed by atoms with Crippen LogP contribution in [0.4, 0.5) is 5.69 Å². The van der Waals surface area contributed by atoms with Crippen LogP contribution in [0.2, 0.25) is 0 Å². The molecule has 0 aliphatic rings. The lowest BCUT2D eigenvalue weighted by molar-refractivity contribution is -0.384. The molecule has 3 aromatic rings. The molecule has 0 heterocycles. The Bertz CT molecular complexity index is 1080. The normalized spacial score (nSPS) is 11.3. The van der Waals surface area contributed by atoms with Gasteiger partial charge in [0.1, 0.15) is 11.5 Å². The lowest BCUT2D eigenvalue weighted by atomic mass is 10.2.